The SMILES string of the molecule is CCC(C)NC(=O)C(C)NCC1CCCS1(=O)=O. The monoisotopic (exact) mass is 276 g/mol. The molecule has 1 aliphatic heterocycles. The molecule has 1 saturated heterocycles. The van der Waals surface area contributed by atoms with Gasteiger partial charge in [-0.3, -0.25) is 4.79 Å². The molecule has 0 radical (unpaired) electrons. The molecule has 5 nitrogen and oxygen atoms in total. The molecule has 1 aliphatic rings. The smallest absolute Gasteiger partial charge is 0.237 e. The summed E-state index contributed by atoms with van der Waals surface area (Å²) in [7, 11) is -2.93. The molecule has 18 heavy (non-hydrogen) atoms. The van der Waals surface area contributed by atoms with Gasteiger partial charge in [0.25, 0.3) is 0 Å². The Morgan fingerprint density at radius 1 is 1.39 bits per heavy atom. The lowest BCUT2D eigenvalue weighted by Gasteiger charge is -2.19. The molecule has 0 aliphatic carbocycles. The molecular weight excluding hydrogens is 252 g/mol. The quantitative estimate of drug-likeness (QED) is 0.739. The van der Waals surface area contributed by atoms with E-state index in [-0.39, 0.29) is 29.0 Å². The molecule has 2 N–H and O–H groups in total. The third kappa shape index (κ3) is 4.24. The Bertz CT molecular complexity index is 381. The van der Waals surface area contributed by atoms with Crippen LogP contribution in [0.4, 0.5) is 0 Å². The molecule has 0 bridgehead atoms. The normalized spacial score (nSPS) is 25.6. The van der Waals surface area contributed by atoms with E-state index >= 15 is 0 Å². The number of rotatable bonds is 6. The van der Waals surface area contributed by atoms with Crippen LogP contribution in [-0.2, 0) is 14.6 Å². The topological polar surface area (TPSA) is 75.3 Å². The predicted octanol–water partition coefficient (Wildman–Crippen LogP) is 0.456. The van der Waals surface area contributed by atoms with Crippen molar-refractivity contribution in [1.29, 1.82) is 0 Å². The number of nitrogens with one attached hydrogen (secondary N) is 2. The maximum Gasteiger partial charge on any atom is 0.237 e. The van der Waals surface area contributed by atoms with Gasteiger partial charge < -0.3 is 10.6 Å². The highest BCUT2D eigenvalue weighted by molar-refractivity contribution is 7.92. The molecule has 0 saturated carbocycles. The lowest BCUT2D eigenvalue weighted by Crippen LogP contribution is -2.47. The van der Waals surface area contributed by atoms with E-state index in [1.54, 1.807) is 6.92 Å². The zero-order valence-electron chi connectivity index (χ0n) is 11.4. The van der Waals surface area contributed by atoms with Crippen molar-refractivity contribution in [2.24, 2.45) is 0 Å². The van der Waals surface area contributed by atoms with Crippen LogP contribution < -0.4 is 10.6 Å². The molecule has 6 heteroatoms. The molecule has 0 aromatic heterocycles. The average molecular weight is 276 g/mol. The van der Waals surface area contributed by atoms with Crippen LogP contribution in [0.15, 0.2) is 0 Å². The average Bonchev–Trinajstić information content (AvgIpc) is 2.64. The fourth-order valence-electron chi connectivity index (χ4n) is 1.96. The molecular formula is C12H24N2O3S. The minimum atomic E-state index is -2.93. The molecule has 0 aromatic carbocycles. The summed E-state index contributed by atoms with van der Waals surface area (Å²) < 4.78 is 23.3. The zero-order valence-corrected chi connectivity index (χ0v) is 12.2. The molecule has 106 valence electrons. The second-order valence-electron chi connectivity index (χ2n) is 5.08. The minimum absolute atomic E-state index is 0.0697. The van der Waals surface area contributed by atoms with E-state index in [4.69, 9.17) is 0 Å². The second-order valence-corrected chi connectivity index (χ2v) is 7.48. The molecule has 0 aromatic rings. The second kappa shape index (κ2) is 6.52. The highest BCUT2D eigenvalue weighted by atomic mass is 32.2. The molecule has 1 heterocycles. The van der Waals surface area contributed by atoms with Crippen molar-refractivity contribution >= 4 is 15.7 Å². The van der Waals surface area contributed by atoms with Crippen LogP contribution in [0.2, 0.25) is 0 Å². The van der Waals surface area contributed by atoms with Gasteiger partial charge in [0.15, 0.2) is 9.84 Å². The number of amides is 1. The molecule has 3 unspecified atom stereocenters. The Kier molecular flexibility index (Phi) is 5.59. The highest BCUT2D eigenvalue weighted by Gasteiger charge is 2.31. The molecule has 3 atom stereocenters. The van der Waals surface area contributed by atoms with Gasteiger partial charge in [-0.2, -0.15) is 0 Å². The van der Waals surface area contributed by atoms with E-state index in [0.29, 0.717) is 13.0 Å². The Labute approximate surface area is 110 Å². The van der Waals surface area contributed by atoms with E-state index in [2.05, 4.69) is 10.6 Å². The summed E-state index contributed by atoms with van der Waals surface area (Å²) in [5.74, 6) is 0.215. The van der Waals surface area contributed by atoms with Crippen LogP contribution in [0.3, 0.4) is 0 Å². The molecule has 0 spiro atoms. The van der Waals surface area contributed by atoms with Gasteiger partial charge in [0, 0.05) is 12.6 Å². The van der Waals surface area contributed by atoms with Gasteiger partial charge in [-0.25, -0.2) is 8.42 Å². The lowest BCUT2D eigenvalue weighted by molar-refractivity contribution is -0.123. The van der Waals surface area contributed by atoms with Crippen LogP contribution in [0.5, 0.6) is 0 Å². The van der Waals surface area contributed by atoms with Crippen molar-refractivity contribution < 1.29 is 13.2 Å². The van der Waals surface area contributed by atoms with Crippen LogP contribution in [0.25, 0.3) is 0 Å². The van der Waals surface area contributed by atoms with Gasteiger partial charge in [-0.05, 0) is 33.1 Å². The molecule has 1 fully saturated rings. The fraction of sp³-hybridized carbons (Fsp3) is 0.917. The minimum Gasteiger partial charge on any atom is -0.352 e. The van der Waals surface area contributed by atoms with E-state index < -0.39 is 9.84 Å². The van der Waals surface area contributed by atoms with Crippen molar-refractivity contribution in [2.75, 3.05) is 12.3 Å². The Balaban J connectivity index is 2.37. The summed E-state index contributed by atoms with van der Waals surface area (Å²) in [4.78, 5) is 11.8. The van der Waals surface area contributed by atoms with E-state index in [9.17, 15) is 13.2 Å². The largest absolute Gasteiger partial charge is 0.352 e. The van der Waals surface area contributed by atoms with Crippen LogP contribution in [0, 0.1) is 0 Å². The number of sulfone groups is 1. The summed E-state index contributed by atoms with van der Waals surface area (Å²) in [6, 6.07) is -0.202. The summed E-state index contributed by atoms with van der Waals surface area (Å²) in [6.45, 7) is 6.09. The Morgan fingerprint density at radius 3 is 2.56 bits per heavy atom. The predicted molar refractivity (Wildman–Crippen MR) is 72.2 cm³/mol. The Morgan fingerprint density at radius 2 is 2.06 bits per heavy atom. The fourth-order valence-corrected chi connectivity index (χ4v) is 3.74. The summed E-state index contributed by atoms with van der Waals surface area (Å²) in [5.41, 5.74) is 0. The summed E-state index contributed by atoms with van der Waals surface area (Å²) >= 11 is 0. The highest BCUT2D eigenvalue weighted by Crippen LogP contribution is 2.19. The third-order valence-electron chi connectivity index (χ3n) is 3.51. The van der Waals surface area contributed by atoms with E-state index in [1.807, 2.05) is 13.8 Å². The van der Waals surface area contributed by atoms with Crippen molar-refractivity contribution in [3.05, 3.63) is 0 Å². The number of hydrogen-bond acceptors (Lipinski definition) is 4. The standard InChI is InChI=1S/C12H24N2O3S/c1-4-9(2)14-12(15)10(3)13-8-11-6-5-7-18(11,16)17/h9-11,13H,4-8H2,1-3H3,(H,14,15). The van der Waals surface area contributed by atoms with Gasteiger partial charge in [0.05, 0.1) is 17.0 Å². The molecule has 1 rings (SSSR count). The van der Waals surface area contributed by atoms with Gasteiger partial charge in [-0.1, -0.05) is 6.92 Å². The summed E-state index contributed by atoms with van der Waals surface area (Å²) in [6.07, 6.45) is 2.33. The number of carbonyl (C=O) groups is 1. The lowest BCUT2D eigenvalue weighted by atomic mass is 10.2. The van der Waals surface area contributed by atoms with Gasteiger partial charge in [0.2, 0.25) is 5.91 Å². The first-order valence-electron chi connectivity index (χ1n) is 6.62. The zero-order chi connectivity index (χ0) is 13.8. The van der Waals surface area contributed by atoms with E-state index in [1.165, 1.54) is 0 Å². The van der Waals surface area contributed by atoms with Crippen molar-refractivity contribution in [2.45, 2.75) is 57.4 Å². The van der Waals surface area contributed by atoms with E-state index in [0.717, 1.165) is 12.8 Å². The van der Waals surface area contributed by atoms with Crippen molar-refractivity contribution in [3.8, 4) is 0 Å². The summed E-state index contributed by atoms with van der Waals surface area (Å²) in [5, 5.41) is 5.57. The Hall–Kier alpha value is -0.620. The van der Waals surface area contributed by atoms with Crippen LogP contribution in [0.1, 0.15) is 40.0 Å². The van der Waals surface area contributed by atoms with Gasteiger partial charge >= 0.3 is 0 Å². The maximum atomic E-state index is 11.8. The van der Waals surface area contributed by atoms with Crippen LogP contribution >= 0.6 is 0 Å². The number of carbonyl (C=O) groups excluding carboxylic acids is 1. The first kappa shape index (κ1) is 15.4. The van der Waals surface area contributed by atoms with Gasteiger partial charge in [0.1, 0.15) is 0 Å². The third-order valence-corrected chi connectivity index (χ3v) is 5.78. The first-order chi connectivity index (χ1) is 8.36. The number of hydrogen-bond donors (Lipinski definition) is 2. The van der Waals surface area contributed by atoms with Crippen LogP contribution in [-0.4, -0.2) is 44.0 Å². The maximum absolute atomic E-state index is 11.8. The van der Waals surface area contributed by atoms with Crippen molar-refractivity contribution in [3.63, 3.8) is 0 Å². The van der Waals surface area contributed by atoms with Gasteiger partial charge in [-0.15, -0.1) is 0 Å². The molecule has 1 amide bonds. The van der Waals surface area contributed by atoms with Crippen molar-refractivity contribution in [1.82, 2.24) is 10.6 Å². The first-order valence-corrected chi connectivity index (χ1v) is 8.33.